The van der Waals surface area contributed by atoms with Crippen LogP contribution in [-0.4, -0.2) is 36.0 Å². The van der Waals surface area contributed by atoms with Gasteiger partial charge in [0.05, 0.1) is 0 Å². The molecule has 5 aromatic rings. The second-order valence-electron chi connectivity index (χ2n) is 15.2. The Kier molecular flexibility index (Phi) is 14.3. The van der Waals surface area contributed by atoms with Gasteiger partial charge in [-0.05, 0) is 129 Å². The van der Waals surface area contributed by atoms with Gasteiger partial charge in [-0.1, -0.05) is 71.3 Å². The molecule has 3 atom stereocenters. The van der Waals surface area contributed by atoms with Gasteiger partial charge in [-0.3, -0.25) is 14.4 Å². The maximum absolute atomic E-state index is 13.8. The molecule has 9 nitrogen and oxygen atoms in total. The number of halogens is 1. The summed E-state index contributed by atoms with van der Waals surface area (Å²) in [5, 5.41) is 9.17. The molecule has 0 aliphatic heterocycles. The number of nitrogens with one attached hydrogen (secondary N) is 3. The zero-order chi connectivity index (χ0) is 42.4. The number of ether oxygens (including phenoxy) is 3. The summed E-state index contributed by atoms with van der Waals surface area (Å²) >= 11 is -0.984. The molecular weight excluding hydrogens is 841 g/mol. The van der Waals surface area contributed by atoms with Crippen molar-refractivity contribution in [2.45, 2.75) is 101 Å². The van der Waals surface area contributed by atoms with Crippen molar-refractivity contribution in [2.75, 3.05) is 16.0 Å². The number of amides is 3. The number of hydrogen-bond donors (Lipinski definition) is 3. The van der Waals surface area contributed by atoms with Crippen LogP contribution in [0.25, 0.3) is 0 Å². The second-order valence-corrected chi connectivity index (χ2v) is 18.1. The maximum Gasteiger partial charge on any atom is 0.366 e. The van der Waals surface area contributed by atoms with Crippen LogP contribution < -0.4 is 51.4 Å². The minimum atomic E-state index is -0.984. The van der Waals surface area contributed by atoms with Crippen LogP contribution in [0.15, 0.2) is 78.9 Å². The molecule has 0 saturated carbocycles. The number of aryl methyl sites for hydroxylation is 9. The van der Waals surface area contributed by atoms with Crippen LogP contribution in [0.3, 0.4) is 0 Å². The average molecular weight is 897 g/mol. The summed E-state index contributed by atoms with van der Waals surface area (Å²) in [5.74, 6) is -0.00296. The zero-order valence-corrected chi connectivity index (χ0v) is 37.7. The van der Waals surface area contributed by atoms with E-state index in [0.717, 1.165) is 70.7 Å². The molecule has 5 aromatic carbocycles. The number of carbonyl (C=O) groups is 3. The molecule has 58 heavy (non-hydrogen) atoms. The summed E-state index contributed by atoms with van der Waals surface area (Å²) in [6.07, 6.45) is -2.82. The van der Waals surface area contributed by atoms with E-state index in [1.807, 2.05) is 129 Å². The molecule has 0 saturated heterocycles. The summed E-state index contributed by atoms with van der Waals surface area (Å²) in [6.45, 7) is 22.9. The predicted molar refractivity (Wildman–Crippen MR) is 228 cm³/mol. The van der Waals surface area contributed by atoms with E-state index in [2.05, 4.69) is 16.0 Å². The lowest BCUT2D eigenvalue weighted by Gasteiger charge is -2.22. The van der Waals surface area contributed by atoms with Crippen molar-refractivity contribution in [3.63, 3.8) is 0 Å². The number of rotatable bonds is 14. The van der Waals surface area contributed by atoms with E-state index in [1.165, 1.54) is 0 Å². The van der Waals surface area contributed by atoms with Crippen molar-refractivity contribution < 1.29 is 49.8 Å². The van der Waals surface area contributed by atoms with E-state index in [1.54, 1.807) is 32.9 Å². The van der Waals surface area contributed by atoms with Crippen LogP contribution in [0, 0.1) is 69.5 Å². The van der Waals surface area contributed by atoms with Gasteiger partial charge in [-0.25, -0.2) is 0 Å². The summed E-state index contributed by atoms with van der Waals surface area (Å²) in [4.78, 5) is 41.2. The first-order valence-corrected chi connectivity index (χ1v) is 21.6. The Balaban J connectivity index is 1.53. The molecule has 0 heterocycles. The van der Waals surface area contributed by atoms with Gasteiger partial charge in [-0.15, -0.1) is 0 Å². The lowest BCUT2D eigenvalue weighted by Crippen LogP contribution is -3.61. The summed E-state index contributed by atoms with van der Waals surface area (Å²) in [5.41, 5.74) is 11.2. The third-order valence-corrected chi connectivity index (χ3v) is 12.7. The van der Waals surface area contributed by atoms with Gasteiger partial charge < -0.3 is 30.2 Å². The second kappa shape index (κ2) is 18.9. The molecule has 0 aromatic heterocycles. The Morgan fingerprint density at radius 3 is 1.10 bits per heavy atom. The maximum atomic E-state index is 13.8. The monoisotopic (exact) mass is 896 g/mol. The fourth-order valence-electron chi connectivity index (χ4n) is 7.02. The minimum Gasteiger partial charge on any atom is -0.481 e. The third-order valence-electron chi connectivity index (χ3n) is 9.72. The highest BCUT2D eigenvalue weighted by Crippen LogP contribution is 2.32. The van der Waals surface area contributed by atoms with Gasteiger partial charge in [0.15, 0.2) is 33.4 Å². The number of hydrogen-bond acceptors (Lipinski definition) is 6. The molecule has 3 N–H and O–H groups in total. The predicted octanol–water partition coefficient (Wildman–Crippen LogP) is 6.81. The van der Waals surface area contributed by atoms with Crippen LogP contribution in [0.2, 0.25) is 0 Å². The Labute approximate surface area is 353 Å². The minimum absolute atomic E-state index is 0.279. The first-order chi connectivity index (χ1) is 27.4. The summed E-state index contributed by atoms with van der Waals surface area (Å²) < 4.78 is 21.2. The number of carbonyl (C=O) groups excluding carboxylic acids is 3. The molecule has 0 spiro atoms. The van der Waals surface area contributed by atoms with Crippen molar-refractivity contribution in [3.8, 4) is 17.2 Å². The van der Waals surface area contributed by atoms with Crippen molar-refractivity contribution in [1.82, 2.24) is 0 Å². The zero-order valence-electron chi connectivity index (χ0n) is 35.6. The Hall–Kier alpha value is -5.36. The molecular formula is C48H55IN3O6+. The van der Waals surface area contributed by atoms with Gasteiger partial charge in [0.1, 0.15) is 5.75 Å². The van der Waals surface area contributed by atoms with Gasteiger partial charge in [0, 0.05) is 29.2 Å². The molecule has 0 bridgehead atoms. The summed E-state index contributed by atoms with van der Waals surface area (Å²) in [6, 6.07) is 25.5. The fraction of sp³-hybridized carbons (Fsp3) is 0.312. The van der Waals surface area contributed by atoms with Crippen molar-refractivity contribution in [3.05, 3.63) is 136 Å². The van der Waals surface area contributed by atoms with Crippen LogP contribution >= 0.6 is 0 Å². The molecule has 5 rings (SSSR count). The third kappa shape index (κ3) is 11.0. The fourth-order valence-corrected chi connectivity index (χ4v) is 9.51. The first-order valence-electron chi connectivity index (χ1n) is 19.4. The van der Waals surface area contributed by atoms with E-state index < -0.39 is 39.5 Å². The normalized spacial score (nSPS) is 12.6. The lowest BCUT2D eigenvalue weighted by molar-refractivity contribution is -0.599. The van der Waals surface area contributed by atoms with E-state index in [4.69, 9.17) is 14.2 Å². The van der Waals surface area contributed by atoms with E-state index in [9.17, 15) is 14.4 Å². The van der Waals surface area contributed by atoms with Crippen LogP contribution in [-0.2, 0) is 14.4 Å². The smallest absolute Gasteiger partial charge is 0.366 e. The van der Waals surface area contributed by atoms with Gasteiger partial charge in [-0.2, -0.15) is 0 Å². The Morgan fingerprint density at radius 2 is 0.776 bits per heavy atom. The highest BCUT2D eigenvalue weighted by Gasteiger charge is 2.33. The molecule has 3 amide bonds. The molecule has 0 aliphatic rings. The Morgan fingerprint density at radius 1 is 0.466 bits per heavy atom. The standard InChI is InChI=1S/C48H54IN3O6/c1-26-18-29(4)43(30(5)19-26)50-46(53)35(10)56-39-24-40(57-36(11)47(54)51-44-31(6)20-27(2)21-32(44)7)42(49-38-16-14-13-15-17-38)41(25-39)58-37(12)48(55)52-45-33(8)22-28(3)23-34(45)9/h13-25,35-37H,1-12H3,(H2-,50,51,52,53,54,55)/p+1/t35-,36-,37-/m1/s1. The van der Waals surface area contributed by atoms with Crippen LogP contribution in [0.4, 0.5) is 17.1 Å². The molecule has 304 valence electrons. The molecule has 10 heteroatoms. The largest absolute Gasteiger partial charge is 0.481 e. The number of benzene rings is 5. The lowest BCUT2D eigenvalue weighted by atomic mass is 10.0. The molecule has 0 unspecified atom stereocenters. The topological polar surface area (TPSA) is 115 Å². The van der Waals surface area contributed by atoms with Crippen molar-refractivity contribution in [1.29, 1.82) is 0 Å². The SMILES string of the molecule is Cc1cc(C)c(NC(=O)[C@@H](C)Oc2cc(O[C@H](C)C(=O)Nc3c(C)cc(C)cc3C)c([I+]c3ccccc3)c(O[C@H](C)C(=O)Nc3c(C)cc(C)cc3C)c2)c(C)c1. The van der Waals surface area contributed by atoms with Crippen LogP contribution in [0.1, 0.15) is 70.8 Å². The van der Waals surface area contributed by atoms with E-state index in [0.29, 0.717) is 15.1 Å². The summed E-state index contributed by atoms with van der Waals surface area (Å²) in [7, 11) is 0. The van der Waals surface area contributed by atoms with E-state index in [-0.39, 0.29) is 23.5 Å². The Bertz CT molecular complexity index is 2170. The number of anilines is 3. The average Bonchev–Trinajstić information content (AvgIpc) is 3.14. The van der Waals surface area contributed by atoms with Crippen molar-refractivity contribution in [2.24, 2.45) is 0 Å². The molecule has 0 fully saturated rings. The highest BCUT2D eigenvalue weighted by molar-refractivity contribution is 5.97. The van der Waals surface area contributed by atoms with Gasteiger partial charge in [0.2, 0.25) is 0 Å². The molecule has 0 radical (unpaired) electrons. The first kappa shape index (κ1) is 43.8. The van der Waals surface area contributed by atoms with Gasteiger partial charge >= 0.3 is 21.2 Å². The highest BCUT2D eigenvalue weighted by atomic mass is 127. The van der Waals surface area contributed by atoms with Gasteiger partial charge in [0.25, 0.3) is 21.3 Å². The molecule has 0 aliphatic carbocycles. The quantitative estimate of drug-likeness (QED) is 0.106. The van der Waals surface area contributed by atoms with E-state index >= 15 is 0 Å². The van der Waals surface area contributed by atoms with Crippen LogP contribution in [0.5, 0.6) is 17.2 Å². The van der Waals surface area contributed by atoms with Crippen molar-refractivity contribution >= 4 is 34.8 Å².